The normalized spacial score (nSPS) is 9.75. The summed E-state index contributed by atoms with van der Waals surface area (Å²) in [5.41, 5.74) is 15.8. The average molecular weight is 320 g/mol. The molecule has 2 aromatic carbocycles. The van der Waals surface area contributed by atoms with Gasteiger partial charge in [0.25, 0.3) is 0 Å². The van der Waals surface area contributed by atoms with Gasteiger partial charge in [0.2, 0.25) is 0 Å². The van der Waals surface area contributed by atoms with Gasteiger partial charge in [-0.05, 0) is 49.2 Å². The van der Waals surface area contributed by atoms with Crippen molar-refractivity contribution in [3.05, 3.63) is 47.5 Å². The number of anilines is 4. The summed E-state index contributed by atoms with van der Waals surface area (Å²) in [6, 6.07) is 14.6. The predicted octanol–water partition coefficient (Wildman–Crippen LogP) is 2.90. The largest absolute Gasteiger partial charge is 0.397 e. The van der Waals surface area contributed by atoms with E-state index in [1.54, 1.807) is 24.3 Å². The summed E-state index contributed by atoms with van der Waals surface area (Å²) in [5.74, 6) is 0. The summed E-state index contributed by atoms with van der Waals surface area (Å²) in [6.07, 6.45) is 1.92. The van der Waals surface area contributed by atoms with E-state index in [9.17, 15) is 0 Å². The highest BCUT2D eigenvalue weighted by molar-refractivity contribution is 5.69. The number of nitrogens with two attached hydrogens (primary N) is 2. The van der Waals surface area contributed by atoms with Crippen LogP contribution in [0.25, 0.3) is 0 Å². The second-order valence-corrected chi connectivity index (χ2v) is 5.39. The molecule has 0 saturated carbocycles. The van der Waals surface area contributed by atoms with Gasteiger partial charge in [0, 0.05) is 13.1 Å². The Morgan fingerprint density at radius 3 is 1.50 bits per heavy atom. The monoisotopic (exact) mass is 320 g/mol. The Morgan fingerprint density at radius 1 is 0.750 bits per heavy atom. The first-order chi connectivity index (χ1) is 11.6. The molecule has 24 heavy (non-hydrogen) atoms. The van der Waals surface area contributed by atoms with Crippen LogP contribution in [-0.4, -0.2) is 13.1 Å². The Kier molecular flexibility index (Phi) is 5.88. The zero-order chi connectivity index (χ0) is 17.4. The molecule has 6 nitrogen and oxygen atoms in total. The van der Waals surface area contributed by atoms with Crippen LogP contribution in [0.1, 0.15) is 24.0 Å². The SMILES string of the molecule is N#Cc1ccc(NCCCCNc2ccc(C#N)cc2N)c(N)c1. The van der Waals surface area contributed by atoms with E-state index in [1.807, 2.05) is 12.1 Å². The van der Waals surface area contributed by atoms with Crippen molar-refractivity contribution in [1.29, 1.82) is 10.5 Å². The molecule has 2 aromatic rings. The molecular formula is C18H20N6. The Morgan fingerprint density at radius 2 is 1.17 bits per heavy atom. The number of unbranched alkanes of at least 4 members (excludes halogenated alkanes) is 1. The average Bonchev–Trinajstić information content (AvgIpc) is 2.60. The minimum Gasteiger partial charge on any atom is -0.397 e. The lowest BCUT2D eigenvalue weighted by molar-refractivity contribution is 0.796. The lowest BCUT2D eigenvalue weighted by Gasteiger charge is -2.11. The zero-order valence-electron chi connectivity index (χ0n) is 13.3. The van der Waals surface area contributed by atoms with Crippen LogP contribution in [0.3, 0.4) is 0 Å². The van der Waals surface area contributed by atoms with Gasteiger partial charge in [-0.15, -0.1) is 0 Å². The topological polar surface area (TPSA) is 124 Å². The maximum atomic E-state index is 8.81. The first-order valence-corrected chi connectivity index (χ1v) is 7.71. The number of rotatable bonds is 7. The minimum atomic E-state index is 0.558. The number of hydrogen-bond acceptors (Lipinski definition) is 6. The van der Waals surface area contributed by atoms with Crippen LogP contribution in [0.4, 0.5) is 22.7 Å². The van der Waals surface area contributed by atoms with Gasteiger partial charge in [-0.2, -0.15) is 10.5 Å². The first-order valence-electron chi connectivity index (χ1n) is 7.71. The minimum absolute atomic E-state index is 0.558. The third-order valence-corrected chi connectivity index (χ3v) is 3.60. The van der Waals surface area contributed by atoms with Gasteiger partial charge < -0.3 is 22.1 Å². The van der Waals surface area contributed by atoms with E-state index in [0.717, 1.165) is 37.3 Å². The number of nitrogens with zero attached hydrogens (tertiary/aromatic N) is 2. The highest BCUT2D eigenvalue weighted by Gasteiger charge is 2.01. The van der Waals surface area contributed by atoms with Crippen LogP contribution in [0, 0.1) is 22.7 Å². The van der Waals surface area contributed by atoms with Gasteiger partial charge in [-0.1, -0.05) is 0 Å². The molecule has 0 heterocycles. The Bertz CT molecular complexity index is 718. The molecule has 6 N–H and O–H groups in total. The zero-order valence-corrected chi connectivity index (χ0v) is 13.3. The standard InChI is InChI=1S/C18H20N6/c19-11-13-3-5-17(15(21)9-13)23-7-1-2-8-24-18-6-4-14(12-20)10-16(18)22/h3-6,9-10,23-24H,1-2,7-8,21-22H2. The van der Waals surface area contributed by atoms with Gasteiger partial charge in [-0.3, -0.25) is 0 Å². The molecule has 0 amide bonds. The molecule has 122 valence electrons. The molecule has 0 radical (unpaired) electrons. The molecule has 0 aliphatic rings. The fraction of sp³-hybridized carbons (Fsp3) is 0.222. The van der Waals surface area contributed by atoms with Crippen LogP contribution in [0.15, 0.2) is 36.4 Å². The van der Waals surface area contributed by atoms with Gasteiger partial charge in [0.05, 0.1) is 46.0 Å². The highest BCUT2D eigenvalue weighted by Crippen LogP contribution is 2.20. The Hall–Kier alpha value is -3.38. The molecule has 2 rings (SSSR count). The van der Waals surface area contributed by atoms with Gasteiger partial charge in [-0.25, -0.2) is 0 Å². The summed E-state index contributed by atoms with van der Waals surface area (Å²) in [4.78, 5) is 0. The molecule has 0 fully saturated rings. The van der Waals surface area contributed by atoms with Crippen LogP contribution >= 0.6 is 0 Å². The van der Waals surface area contributed by atoms with E-state index >= 15 is 0 Å². The predicted molar refractivity (Wildman–Crippen MR) is 97.4 cm³/mol. The molecule has 0 unspecified atom stereocenters. The molecule has 0 bridgehead atoms. The summed E-state index contributed by atoms with van der Waals surface area (Å²) in [7, 11) is 0. The molecule has 0 aliphatic heterocycles. The van der Waals surface area contributed by atoms with Crippen LogP contribution in [0.2, 0.25) is 0 Å². The third kappa shape index (κ3) is 4.56. The highest BCUT2D eigenvalue weighted by atomic mass is 14.9. The lowest BCUT2D eigenvalue weighted by atomic mass is 10.2. The Balaban J connectivity index is 1.71. The molecule has 0 aliphatic carbocycles. The second kappa shape index (κ2) is 8.30. The Labute approximate surface area is 141 Å². The molecule has 0 aromatic heterocycles. The summed E-state index contributed by atoms with van der Waals surface area (Å²) >= 11 is 0. The third-order valence-electron chi connectivity index (χ3n) is 3.60. The summed E-state index contributed by atoms with van der Waals surface area (Å²) in [6.45, 7) is 1.58. The second-order valence-electron chi connectivity index (χ2n) is 5.39. The number of nitrogens with one attached hydrogen (secondary N) is 2. The maximum absolute atomic E-state index is 8.81. The van der Waals surface area contributed by atoms with E-state index in [-0.39, 0.29) is 0 Å². The van der Waals surface area contributed by atoms with Crippen LogP contribution in [-0.2, 0) is 0 Å². The van der Waals surface area contributed by atoms with Gasteiger partial charge in [0.1, 0.15) is 0 Å². The van der Waals surface area contributed by atoms with Crippen molar-refractivity contribution in [2.24, 2.45) is 0 Å². The van der Waals surface area contributed by atoms with Gasteiger partial charge in [0.15, 0.2) is 0 Å². The van der Waals surface area contributed by atoms with E-state index < -0.39 is 0 Å². The molecule has 6 heteroatoms. The van der Waals surface area contributed by atoms with Crippen molar-refractivity contribution in [3.63, 3.8) is 0 Å². The fourth-order valence-corrected chi connectivity index (χ4v) is 2.28. The van der Waals surface area contributed by atoms with E-state index in [1.165, 1.54) is 0 Å². The smallest absolute Gasteiger partial charge is 0.0992 e. The lowest BCUT2D eigenvalue weighted by Crippen LogP contribution is -2.08. The van der Waals surface area contributed by atoms with Gasteiger partial charge >= 0.3 is 0 Å². The maximum Gasteiger partial charge on any atom is 0.0992 e. The molecule has 0 atom stereocenters. The summed E-state index contributed by atoms with van der Waals surface area (Å²) < 4.78 is 0. The first kappa shape index (κ1) is 17.0. The summed E-state index contributed by atoms with van der Waals surface area (Å²) in [5, 5.41) is 24.2. The fourth-order valence-electron chi connectivity index (χ4n) is 2.28. The van der Waals surface area contributed by atoms with Crippen LogP contribution in [0.5, 0.6) is 0 Å². The molecule has 0 spiro atoms. The van der Waals surface area contributed by atoms with Crippen molar-refractivity contribution < 1.29 is 0 Å². The molecular weight excluding hydrogens is 300 g/mol. The number of nitriles is 2. The number of nitrogen functional groups attached to an aromatic ring is 2. The quantitative estimate of drug-likeness (QED) is 0.459. The van der Waals surface area contributed by atoms with E-state index in [4.69, 9.17) is 22.0 Å². The number of hydrogen-bond donors (Lipinski definition) is 4. The van der Waals surface area contributed by atoms with E-state index in [0.29, 0.717) is 22.5 Å². The van der Waals surface area contributed by atoms with Crippen molar-refractivity contribution in [3.8, 4) is 12.1 Å². The van der Waals surface area contributed by atoms with Crippen molar-refractivity contribution in [1.82, 2.24) is 0 Å². The van der Waals surface area contributed by atoms with Crippen molar-refractivity contribution in [2.75, 3.05) is 35.2 Å². The van der Waals surface area contributed by atoms with Crippen molar-refractivity contribution in [2.45, 2.75) is 12.8 Å². The molecule has 0 saturated heterocycles. The van der Waals surface area contributed by atoms with Crippen molar-refractivity contribution >= 4 is 22.7 Å². The van der Waals surface area contributed by atoms with E-state index in [2.05, 4.69) is 22.8 Å². The van der Waals surface area contributed by atoms with Crippen LogP contribution < -0.4 is 22.1 Å². The number of benzene rings is 2.